The second-order valence-corrected chi connectivity index (χ2v) is 7.72. The van der Waals surface area contributed by atoms with Crippen LogP contribution in [0.15, 0.2) is 53.1 Å². The number of hydrogen-bond donors (Lipinski definition) is 0. The molecule has 1 aliphatic heterocycles. The summed E-state index contributed by atoms with van der Waals surface area (Å²) in [5.41, 5.74) is 3.17. The molecule has 9 heteroatoms. The lowest BCUT2D eigenvalue weighted by molar-refractivity contribution is 0.0733. The Morgan fingerprint density at radius 1 is 1.16 bits per heavy atom. The molecule has 2 aromatic carbocycles. The molecule has 1 amide bonds. The van der Waals surface area contributed by atoms with E-state index in [-0.39, 0.29) is 23.2 Å². The monoisotopic (exact) mass is 437 g/mol. The minimum atomic E-state index is -0.433. The van der Waals surface area contributed by atoms with Gasteiger partial charge in [0.15, 0.2) is 5.69 Å². The molecule has 0 aliphatic carbocycles. The van der Waals surface area contributed by atoms with Crippen LogP contribution in [0.4, 0.5) is 4.39 Å². The van der Waals surface area contributed by atoms with E-state index in [4.69, 9.17) is 16.1 Å². The van der Waals surface area contributed by atoms with E-state index >= 15 is 0 Å². The molecule has 5 rings (SSSR count). The fourth-order valence-corrected chi connectivity index (χ4v) is 3.91. The minimum Gasteiger partial charge on any atom is -0.334 e. The Kier molecular flexibility index (Phi) is 4.78. The molecule has 0 saturated heterocycles. The maximum Gasteiger partial charge on any atom is 0.279 e. The van der Waals surface area contributed by atoms with E-state index in [0.717, 1.165) is 11.3 Å². The highest BCUT2D eigenvalue weighted by atomic mass is 35.5. The Morgan fingerprint density at radius 2 is 1.94 bits per heavy atom. The molecule has 31 heavy (non-hydrogen) atoms. The molecule has 2 aromatic heterocycles. The molecule has 0 fully saturated rings. The smallest absolute Gasteiger partial charge is 0.279 e. The summed E-state index contributed by atoms with van der Waals surface area (Å²) in [7, 11) is 1.84. The number of carbonyl (C=O) groups is 1. The topological polar surface area (TPSA) is 77.1 Å². The lowest BCUT2D eigenvalue weighted by Crippen LogP contribution is -2.36. The molecule has 0 radical (unpaired) electrons. The summed E-state index contributed by atoms with van der Waals surface area (Å²) in [6.07, 6.45) is 0.645. The maximum atomic E-state index is 14.1. The van der Waals surface area contributed by atoms with Crippen LogP contribution in [-0.2, 0) is 20.0 Å². The van der Waals surface area contributed by atoms with Gasteiger partial charge in [-0.15, -0.1) is 0 Å². The first-order valence-electron chi connectivity index (χ1n) is 9.70. The third-order valence-electron chi connectivity index (χ3n) is 5.36. The zero-order valence-electron chi connectivity index (χ0n) is 16.5. The van der Waals surface area contributed by atoms with E-state index in [9.17, 15) is 9.18 Å². The van der Waals surface area contributed by atoms with E-state index in [0.29, 0.717) is 35.8 Å². The third-order valence-corrected chi connectivity index (χ3v) is 5.62. The molecule has 0 bridgehead atoms. The zero-order chi connectivity index (χ0) is 21.5. The van der Waals surface area contributed by atoms with Crippen LogP contribution in [0.3, 0.4) is 0 Å². The number of nitrogens with zero attached hydrogens (tertiary/aromatic N) is 5. The van der Waals surface area contributed by atoms with Crippen LogP contribution in [0.25, 0.3) is 23.0 Å². The Bertz CT molecular complexity index is 1280. The quantitative estimate of drug-likeness (QED) is 0.481. The van der Waals surface area contributed by atoms with Crippen LogP contribution >= 0.6 is 11.6 Å². The highest BCUT2D eigenvalue weighted by Crippen LogP contribution is 2.31. The van der Waals surface area contributed by atoms with Crippen molar-refractivity contribution in [1.29, 1.82) is 0 Å². The summed E-state index contributed by atoms with van der Waals surface area (Å²) in [4.78, 5) is 19.1. The molecular formula is C22H17ClFN5O2. The van der Waals surface area contributed by atoms with E-state index in [2.05, 4.69) is 15.2 Å². The number of hydrogen-bond acceptors (Lipinski definition) is 5. The molecule has 0 unspecified atom stereocenters. The van der Waals surface area contributed by atoms with Gasteiger partial charge in [-0.1, -0.05) is 28.9 Å². The SMILES string of the molecule is Cn1nc(-c2nc(-c3ccccc3F)no2)c2c1CCN(C(=O)c1ccc(Cl)cc1)C2. The van der Waals surface area contributed by atoms with Gasteiger partial charge in [0.25, 0.3) is 11.8 Å². The van der Waals surface area contributed by atoms with Crippen LogP contribution in [0.5, 0.6) is 0 Å². The van der Waals surface area contributed by atoms with Crippen molar-refractivity contribution in [3.05, 3.63) is 76.2 Å². The number of fused-ring (bicyclic) bond motifs is 1. The summed E-state index contributed by atoms with van der Waals surface area (Å²) in [5.74, 6) is -0.180. The molecule has 7 nitrogen and oxygen atoms in total. The lowest BCUT2D eigenvalue weighted by atomic mass is 10.0. The summed E-state index contributed by atoms with van der Waals surface area (Å²) in [6.45, 7) is 0.926. The Hall–Kier alpha value is -3.52. The first kappa shape index (κ1) is 19.4. The Balaban J connectivity index is 1.47. The van der Waals surface area contributed by atoms with E-state index in [1.807, 2.05) is 7.05 Å². The highest BCUT2D eigenvalue weighted by Gasteiger charge is 2.30. The van der Waals surface area contributed by atoms with Crippen molar-refractivity contribution >= 4 is 17.5 Å². The maximum absolute atomic E-state index is 14.1. The van der Waals surface area contributed by atoms with Gasteiger partial charge in [-0.3, -0.25) is 9.48 Å². The van der Waals surface area contributed by atoms with E-state index in [1.54, 1.807) is 52.0 Å². The molecule has 3 heterocycles. The lowest BCUT2D eigenvalue weighted by Gasteiger charge is -2.27. The molecule has 0 saturated carbocycles. The second kappa shape index (κ2) is 7.63. The normalized spacial score (nSPS) is 13.3. The summed E-state index contributed by atoms with van der Waals surface area (Å²) >= 11 is 5.93. The van der Waals surface area contributed by atoms with Gasteiger partial charge in [0.05, 0.1) is 12.1 Å². The summed E-state index contributed by atoms with van der Waals surface area (Å²) in [5, 5.41) is 9.04. The number of aryl methyl sites for hydroxylation is 1. The van der Waals surface area contributed by atoms with Gasteiger partial charge in [0.2, 0.25) is 5.82 Å². The largest absolute Gasteiger partial charge is 0.334 e. The summed E-state index contributed by atoms with van der Waals surface area (Å²) in [6, 6.07) is 13.0. The van der Waals surface area contributed by atoms with Gasteiger partial charge >= 0.3 is 0 Å². The fraction of sp³-hybridized carbons (Fsp3) is 0.182. The van der Waals surface area contributed by atoms with Crippen molar-refractivity contribution in [2.24, 2.45) is 7.05 Å². The number of carbonyl (C=O) groups excluding carboxylic acids is 1. The molecule has 0 spiro atoms. The first-order valence-corrected chi connectivity index (χ1v) is 10.1. The molecule has 1 aliphatic rings. The molecule has 0 N–H and O–H groups in total. The standard InChI is InChI=1S/C22H17ClFN5O2/c1-28-18-10-11-29(22(30)13-6-8-14(23)9-7-13)12-16(18)19(26-28)21-25-20(27-31-21)15-4-2-3-5-17(15)24/h2-9H,10-12H2,1H3. The van der Waals surface area contributed by atoms with E-state index in [1.165, 1.54) is 6.07 Å². The Morgan fingerprint density at radius 3 is 2.71 bits per heavy atom. The predicted octanol–water partition coefficient (Wildman–Crippen LogP) is 4.13. The van der Waals surface area contributed by atoms with Crippen molar-refractivity contribution in [3.63, 3.8) is 0 Å². The average Bonchev–Trinajstić information content (AvgIpc) is 3.39. The van der Waals surface area contributed by atoms with Crippen molar-refractivity contribution in [2.75, 3.05) is 6.54 Å². The van der Waals surface area contributed by atoms with Gasteiger partial charge in [-0.05, 0) is 36.4 Å². The molecule has 4 aromatic rings. The first-order chi connectivity index (χ1) is 15.0. The van der Waals surface area contributed by atoms with Gasteiger partial charge in [0.1, 0.15) is 5.82 Å². The average molecular weight is 438 g/mol. The summed E-state index contributed by atoms with van der Waals surface area (Å²) < 4.78 is 21.3. The van der Waals surface area contributed by atoms with Crippen LogP contribution in [0.2, 0.25) is 5.02 Å². The van der Waals surface area contributed by atoms with Crippen molar-refractivity contribution in [3.8, 4) is 23.0 Å². The third kappa shape index (κ3) is 3.48. The van der Waals surface area contributed by atoms with Crippen LogP contribution in [-0.4, -0.2) is 37.3 Å². The van der Waals surface area contributed by atoms with Crippen LogP contribution in [0, 0.1) is 5.82 Å². The number of benzene rings is 2. The number of amides is 1. The molecule has 156 valence electrons. The highest BCUT2D eigenvalue weighted by molar-refractivity contribution is 6.30. The fourth-order valence-electron chi connectivity index (χ4n) is 3.78. The molecular weight excluding hydrogens is 421 g/mol. The van der Waals surface area contributed by atoms with Crippen LogP contribution < -0.4 is 0 Å². The van der Waals surface area contributed by atoms with Crippen molar-refractivity contribution in [1.82, 2.24) is 24.8 Å². The van der Waals surface area contributed by atoms with Gasteiger partial charge in [-0.25, -0.2) is 4.39 Å². The van der Waals surface area contributed by atoms with Gasteiger partial charge in [-0.2, -0.15) is 10.1 Å². The number of halogens is 2. The van der Waals surface area contributed by atoms with Crippen molar-refractivity contribution < 1.29 is 13.7 Å². The van der Waals surface area contributed by atoms with Gasteiger partial charge < -0.3 is 9.42 Å². The number of rotatable bonds is 3. The second-order valence-electron chi connectivity index (χ2n) is 7.28. The van der Waals surface area contributed by atoms with Crippen LogP contribution in [0.1, 0.15) is 21.6 Å². The van der Waals surface area contributed by atoms with Gasteiger partial charge in [0, 0.05) is 41.9 Å². The molecule has 0 atom stereocenters. The minimum absolute atomic E-state index is 0.0882. The number of aromatic nitrogens is 4. The Labute approximate surface area is 182 Å². The van der Waals surface area contributed by atoms with E-state index < -0.39 is 5.82 Å². The zero-order valence-corrected chi connectivity index (χ0v) is 17.3. The van der Waals surface area contributed by atoms with Crippen molar-refractivity contribution in [2.45, 2.75) is 13.0 Å². The predicted molar refractivity (Wildman–Crippen MR) is 112 cm³/mol.